The zero-order chi connectivity index (χ0) is 14.7. The van der Waals surface area contributed by atoms with Gasteiger partial charge in [-0.1, -0.05) is 30.7 Å². The number of aryl methyl sites for hydroxylation is 2. The van der Waals surface area contributed by atoms with Crippen LogP contribution in [0.1, 0.15) is 29.8 Å². The van der Waals surface area contributed by atoms with Gasteiger partial charge in [-0.25, -0.2) is 0 Å². The molecule has 0 aliphatic rings. The Morgan fingerprint density at radius 1 is 1.45 bits per heavy atom. The van der Waals surface area contributed by atoms with Gasteiger partial charge in [-0.3, -0.25) is 4.68 Å². The molecule has 1 heterocycles. The highest BCUT2D eigenvalue weighted by Crippen LogP contribution is 2.28. The van der Waals surface area contributed by atoms with Crippen LogP contribution in [0.15, 0.2) is 28.7 Å². The van der Waals surface area contributed by atoms with Gasteiger partial charge in [0.1, 0.15) is 0 Å². The molecule has 3 nitrogen and oxygen atoms in total. The van der Waals surface area contributed by atoms with Crippen molar-refractivity contribution in [2.75, 3.05) is 6.61 Å². The Morgan fingerprint density at radius 2 is 2.20 bits per heavy atom. The first kappa shape index (κ1) is 15.5. The highest BCUT2D eigenvalue weighted by molar-refractivity contribution is 9.10. The van der Waals surface area contributed by atoms with Gasteiger partial charge in [0.25, 0.3) is 0 Å². The van der Waals surface area contributed by atoms with Crippen molar-refractivity contribution in [3.63, 3.8) is 0 Å². The third-order valence-electron chi connectivity index (χ3n) is 3.48. The van der Waals surface area contributed by atoms with Crippen LogP contribution in [-0.4, -0.2) is 21.5 Å². The van der Waals surface area contributed by atoms with Gasteiger partial charge in [-0.05, 0) is 46.5 Å². The predicted octanol–water partition coefficient (Wildman–Crippen LogP) is 3.72. The summed E-state index contributed by atoms with van der Waals surface area (Å²) in [6.45, 7) is 2.16. The molecular formula is C15H18BrClN2O. The zero-order valence-corrected chi connectivity index (χ0v) is 13.9. The topological polar surface area (TPSA) is 38.0 Å². The molecule has 1 aromatic carbocycles. The second kappa shape index (κ2) is 6.74. The van der Waals surface area contributed by atoms with Crippen LogP contribution in [0.25, 0.3) is 0 Å². The lowest BCUT2D eigenvalue weighted by molar-refractivity contribution is 0.263. The summed E-state index contributed by atoms with van der Waals surface area (Å²) < 4.78 is 2.93. The van der Waals surface area contributed by atoms with Crippen molar-refractivity contribution in [2.45, 2.75) is 25.7 Å². The fraction of sp³-hybridized carbons (Fsp3) is 0.400. The van der Waals surface area contributed by atoms with Crippen LogP contribution < -0.4 is 0 Å². The molecule has 2 rings (SSSR count). The van der Waals surface area contributed by atoms with E-state index < -0.39 is 0 Å². The highest BCUT2D eigenvalue weighted by atomic mass is 79.9. The summed E-state index contributed by atoms with van der Waals surface area (Å²) in [7, 11) is 1.94. The van der Waals surface area contributed by atoms with Gasteiger partial charge in [0, 0.05) is 18.0 Å². The van der Waals surface area contributed by atoms with Crippen LogP contribution in [0.5, 0.6) is 0 Å². The predicted molar refractivity (Wildman–Crippen MR) is 85.3 cm³/mol. The normalized spacial score (nSPS) is 12.7. The van der Waals surface area contributed by atoms with Crippen molar-refractivity contribution < 1.29 is 5.11 Å². The summed E-state index contributed by atoms with van der Waals surface area (Å²) >= 11 is 9.65. The Kier molecular flexibility index (Phi) is 5.24. The Hall–Kier alpha value is -0.840. The first-order valence-electron chi connectivity index (χ1n) is 6.63. The minimum atomic E-state index is 0.0186. The van der Waals surface area contributed by atoms with Gasteiger partial charge in [-0.15, -0.1) is 0 Å². The average molecular weight is 358 g/mol. The minimum Gasteiger partial charge on any atom is -0.396 e. The molecule has 20 heavy (non-hydrogen) atoms. The number of hydrogen-bond acceptors (Lipinski definition) is 2. The van der Waals surface area contributed by atoms with Gasteiger partial charge in [0.2, 0.25) is 0 Å². The zero-order valence-electron chi connectivity index (χ0n) is 11.6. The van der Waals surface area contributed by atoms with Crippen LogP contribution >= 0.6 is 27.5 Å². The van der Waals surface area contributed by atoms with Crippen molar-refractivity contribution in [3.05, 3.63) is 50.7 Å². The van der Waals surface area contributed by atoms with E-state index in [2.05, 4.69) is 28.0 Å². The van der Waals surface area contributed by atoms with Gasteiger partial charge < -0.3 is 5.11 Å². The smallest absolute Gasteiger partial charge is 0.0766 e. The van der Waals surface area contributed by atoms with E-state index >= 15 is 0 Å². The molecule has 1 atom stereocenters. The molecule has 5 heteroatoms. The number of halogens is 2. The number of hydrogen-bond donors (Lipinski definition) is 1. The molecule has 0 spiro atoms. The average Bonchev–Trinajstić information content (AvgIpc) is 2.71. The van der Waals surface area contributed by atoms with Gasteiger partial charge in [-0.2, -0.15) is 5.10 Å². The van der Waals surface area contributed by atoms with E-state index in [9.17, 15) is 5.11 Å². The molecule has 1 N–H and O–H groups in total. The lowest BCUT2D eigenvalue weighted by Gasteiger charge is -2.15. The standard InChI is InChI=1S/C15H18BrClN2O/c1-3-13-15(16)14(19(2)18-13)8-11(9-20)10-5-4-6-12(17)7-10/h4-7,11,20H,3,8-9H2,1-2H3. The summed E-state index contributed by atoms with van der Waals surface area (Å²) in [5.41, 5.74) is 3.19. The largest absolute Gasteiger partial charge is 0.396 e. The maximum absolute atomic E-state index is 9.69. The molecule has 0 amide bonds. The van der Waals surface area contributed by atoms with E-state index in [1.165, 1.54) is 0 Å². The van der Waals surface area contributed by atoms with Crippen molar-refractivity contribution in [3.8, 4) is 0 Å². The third-order valence-corrected chi connectivity index (χ3v) is 4.63. The van der Waals surface area contributed by atoms with E-state index in [0.717, 1.165) is 34.3 Å². The highest BCUT2D eigenvalue weighted by Gasteiger charge is 2.18. The number of rotatable bonds is 5. The van der Waals surface area contributed by atoms with E-state index in [1.54, 1.807) is 0 Å². The number of aromatic nitrogens is 2. The van der Waals surface area contributed by atoms with Crippen LogP contribution in [-0.2, 0) is 19.9 Å². The number of nitrogens with zero attached hydrogens (tertiary/aromatic N) is 2. The van der Waals surface area contributed by atoms with Gasteiger partial charge in [0.05, 0.1) is 22.5 Å². The van der Waals surface area contributed by atoms with E-state index in [0.29, 0.717) is 5.02 Å². The summed E-state index contributed by atoms with van der Waals surface area (Å²) in [4.78, 5) is 0. The molecule has 1 unspecified atom stereocenters. The molecule has 0 aliphatic heterocycles. The quantitative estimate of drug-likeness (QED) is 0.885. The lowest BCUT2D eigenvalue weighted by Crippen LogP contribution is -2.11. The molecule has 108 valence electrons. The van der Waals surface area contributed by atoms with Crippen molar-refractivity contribution >= 4 is 27.5 Å². The summed E-state index contributed by atoms with van der Waals surface area (Å²) in [6, 6.07) is 7.66. The van der Waals surface area contributed by atoms with Crippen LogP contribution in [0, 0.1) is 0 Å². The van der Waals surface area contributed by atoms with Crippen LogP contribution in [0.2, 0.25) is 5.02 Å². The molecule has 2 aromatic rings. The SMILES string of the molecule is CCc1nn(C)c(CC(CO)c2cccc(Cl)c2)c1Br. The molecule has 1 aromatic heterocycles. The monoisotopic (exact) mass is 356 g/mol. The first-order valence-corrected chi connectivity index (χ1v) is 7.80. The minimum absolute atomic E-state index is 0.0186. The lowest BCUT2D eigenvalue weighted by atomic mass is 9.95. The summed E-state index contributed by atoms with van der Waals surface area (Å²) in [5, 5.41) is 14.9. The van der Waals surface area contributed by atoms with Gasteiger partial charge >= 0.3 is 0 Å². The van der Waals surface area contributed by atoms with Crippen molar-refractivity contribution in [1.82, 2.24) is 9.78 Å². The van der Waals surface area contributed by atoms with E-state index in [4.69, 9.17) is 11.6 Å². The fourth-order valence-corrected chi connectivity index (χ4v) is 3.30. The van der Waals surface area contributed by atoms with E-state index in [-0.39, 0.29) is 12.5 Å². The molecule has 0 bridgehead atoms. The number of aliphatic hydroxyl groups excluding tert-OH is 1. The maximum atomic E-state index is 9.69. The molecule has 0 fully saturated rings. The second-order valence-electron chi connectivity index (χ2n) is 4.82. The Bertz CT molecular complexity index is 598. The molecule has 0 saturated carbocycles. The van der Waals surface area contributed by atoms with Gasteiger partial charge in [0.15, 0.2) is 0 Å². The molecule has 0 radical (unpaired) electrons. The Morgan fingerprint density at radius 3 is 2.75 bits per heavy atom. The molecular weight excluding hydrogens is 340 g/mol. The van der Waals surface area contributed by atoms with E-state index in [1.807, 2.05) is 36.0 Å². The van der Waals surface area contributed by atoms with Crippen LogP contribution in [0.3, 0.4) is 0 Å². The maximum Gasteiger partial charge on any atom is 0.0766 e. The summed E-state index contributed by atoms with van der Waals surface area (Å²) in [5.74, 6) is 0.0186. The molecule has 0 saturated heterocycles. The third kappa shape index (κ3) is 3.25. The first-order chi connectivity index (χ1) is 9.56. The molecule has 0 aliphatic carbocycles. The Labute approximate surface area is 132 Å². The number of benzene rings is 1. The fourth-order valence-electron chi connectivity index (χ4n) is 2.32. The summed E-state index contributed by atoms with van der Waals surface area (Å²) in [6.07, 6.45) is 1.61. The number of aliphatic hydroxyl groups is 1. The second-order valence-corrected chi connectivity index (χ2v) is 6.05. The van der Waals surface area contributed by atoms with Crippen molar-refractivity contribution in [2.24, 2.45) is 7.05 Å². The Balaban J connectivity index is 2.29. The van der Waals surface area contributed by atoms with Crippen molar-refractivity contribution in [1.29, 1.82) is 0 Å². The van der Waals surface area contributed by atoms with Crippen LogP contribution in [0.4, 0.5) is 0 Å².